The molecule has 0 unspecified atom stereocenters. The molecule has 1 heterocycles. The number of carbonyl (C=O) groups excluding carboxylic acids is 1. The molecule has 0 aliphatic rings. The van der Waals surface area contributed by atoms with E-state index < -0.39 is 15.7 Å². The van der Waals surface area contributed by atoms with Crippen molar-refractivity contribution in [2.45, 2.75) is 4.90 Å². The first-order valence-electron chi connectivity index (χ1n) is 6.90. The number of halogens is 1. The molecule has 0 spiro atoms. The van der Waals surface area contributed by atoms with Gasteiger partial charge in [0, 0.05) is 23.3 Å². The van der Waals surface area contributed by atoms with Gasteiger partial charge in [-0.2, -0.15) is 4.99 Å². The van der Waals surface area contributed by atoms with Crippen molar-refractivity contribution >= 4 is 53.2 Å². The van der Waals surface area contributed by atoms with Gasteiger partial charge in [0.2, 0.25) is 0 Å². The number of nitrogens with zero attached hydrogens (tertiary/aromatic N) is 2. The Balaban J connectivity index is 2.09. The van der Waals surface area contributed by atoms with E-state index in [1.807, 2.05) is 29.8 Å². The summed E-state index contributed by atoms with van der Waals surface area (Å²) >= 11 is 4.82. The third kappa shape index (κ3) is 3.35. The van der Waals surface area contributed by atoms with E-state index in [4.69, 9.17) is 0 Å². The van der Waals surface area contributed by atoms with E-state index in [-0.39, 0.29) is 10.5 Å². The highest BCUT2D eigenvalue weighted by Crippen LogP contribution is 2.21. The van der Waals surface area contributed by atoms with Crippen LogP contribution in [0.25, 0.3) is 10.2 Å². The maximum absolute atomic E-state index is 12.4. The summed E-state index contributed by atoms with van der Waals surface area (Å²) in [4.78, 5) is 17.2. The predicted octanol–water partition coefficient (Wildman–Crippen LogP) is 3.15. The molecule has 5 nitrogen and oxygen atoms in total. The minimum absolute atomic E-state index is 0.105. The molecule has 0 radical (unpaired) electrons. The first-order chi connectivity index (χ1) is 11.3. The van der Waals surface area contributed by atoms with E-state index >= 15 is 0 Å². The summed E-state index contributed by atoms with van der Waals surface area (Å²) in [6, 6.07) is 11.8. The van der Waals surface area contributed by atoms with Crippen LogP contribution in [0.2, 0.25) is 0 Å². The third-order valence-corrected chi connectivity index (χ3v) is 6.18. The molecule has 3 rings (SSSR count). The normalized spacial score (nSPS) is 12.7. The van der Waals surface area contributed by atoms with E-state index in [1.54, 1.807) is 12.1 Å². The Morgan fingerprint density at radius 2 is 1.96 bits per heavy atom. The van der Waals surface area contributed by atoms with Crippen LogP contribution in [0.15, 0.2) is 56.8 Å². The lowest BCUT2D eigenvalue weighted by atomic mass is 10.2. The molecule has 0 saturated carbocycles. The van der Waals surface area contributed by atoms with Crippen LogP contribution in [-0.4, -0.2) is 25.1 Å². The number of rotatable bonds is 2. The number of thiazole rings is 1. The predicted molar refractivity (Wildman–Crippen MR) is 97.9 cm³/mol. The van der Waals surface area contributed by atoms with Crippen molar-refractivity contribution in [3.05, 3.63) is 57.3 Å². The molecule has 2 aromatic carbocycles. The van der Waals surface area contributed by atoms with Gasteiger partial charge in [0.25, 0.3) is 5.91 Å². The van der Waals surface area contributed by atoms with Crippen LogP contribution >= 0.6 is 27.3 Å². The van der Waals surface area contributed by atoms with Crippen LogP contribution in [0.3, 0.4) is 0 Å². The van der Waals surface area contributed by atoms with Gasteiger partial charge in [-0.1, -0.05) is 33.3 Å². The number of fused-ring (bicyclic) bond motifs is 1. The number of hydrogen-bond acceptors (Lipinski definition) is 4. The second-order valence-electron chi connectivity index (χ2n) is 5.27. The Morgan fingerprint density at radius 3 is 2.67 bits per heavy atom. The Morgan fingerprint density at radius 1 is 1.21 bits per heavy atom. The van der Waals surface area contributed by atoms with Crippen LogP contribution in [0.4, 0.5) is 0 Å². The molecule has 3 aromatic rings. The van der Waals surface area contributed by atoms with Crippen LogP contribution in [0.5, 0.6) is 0 Å². The molecule has 1 amide bonds. The standard InChI is InChI=1S/C16H13BrN2O3S2/c1-19-13-7-6-11(17)9-14(13)23-16(19)18-15(20)10-4-3-5-12(8-10)24(2,21)22/h3-9H,1-2H3. The number of aromatic nitrogens is 1. The van der Waals surface area contributed by atoms with Gasteiger partial charge in [-0.15, -0.1) is 0 Å². The minimum atomic E-state index is -3.37. The topological polar surface area (TPSA) is 68.5 Å². The lowest BCUT2D eigenvalue weighted by Crippen LogP contribution is -2.13. The van der Waals surface area contributed by atoms with Crippen LogP contribution in [0.1, 0.15) is 10.4 Å². The van der Waals surface area contributed by atoms with Crippen molar-refractivity contribution in [1.82, 2.24) is 4.57 Å². The van der Waals surface area contributed by atoms with Crippen LogP contribution < -0.4 is 4.80 Å². The van der Waals surface area contributed by atoms with Gasteiger partial charge in [-0.25, -0.2) is 8.42 Å². The average molecular weight is 425 g/mol. The zero-order chi connectivity index (χ0) is 17.5. The molecular formula is C16H13BrN2O3S2. The maximum Gasteiger partial charge on any atom is 0.279 e. The third-order valence-electron chi connectivity index (χ3n) is 3.48. The number of hydrogen-bond donors (Lipinski definition) is 0. The molecule has 0 bridgehead atoms. The van der Waals surface area contributed by atoms with Gasteiger partial charge in [0.1, 0.15) is 0 Å². The maximum atomic E-state index is 12.4. The van der Waals surface area contributed by atoms with Crippen molar-refractivity contribution in [1.29, 1.82) is 0 Å². The summed E-state index contributed by atoms with van der Waals surface area (Å²) in [5.41, 5.74) is 1.22. The smallest absolute Gasteiger partial charge is 0.279 e. The molecule has 24 heavy (non-hydrogen) atoms. The Labute approximate surface area is 151 Å². The first kappa shape index (κ1) is 17.1. The van der Waals surface area contributed by atoms with E-state index in [0.717, 1.165) is 20.9 Å². The molecular weight excluding hydrogens is 412 g/mol. The number of carbonyl (C=O) groups is 1. The van der Waals surface area contributed by atoms with Gasteiger partial charge >= 0.3 is 0 Å². The number of sulfone groups is 1. The molecule has 8 heteroatoms. The fourth-order valence-electron chi connectivity index (χ4n) is 2.23. The van der Waals surface area contributed by atoms with Crippen molar-refractivity contribution < 1.29 is 13.2 Å². The number of amides is 1. The minimum Gasteiger partial charge on any atom is -0.319 e. The van der Waals surface area contributed by atoms with Gasteiger partial charge in [-0.05, 0) is 36.4 Å². The summed E-state index contributed by atoms with van der Waals surface area (Å²) in [7, 11) is -1.53. The summed E-state index contributed by atoms with van der Waals surface area (Å²) < 4.78 is 27.0. The van der Waals surface area contributed by atoms with Crippen molar-refractivity contribution in [3.63, 3.8) is 0 Å². The monoisotopic (exact) mass is 424 g/mol. The number of aryl methyl sites for hydroxylation is 1. The molecule has 0 fully saturated rings. The van der Waals surface area contributed by atoms with Gasteiger partial charge in [-0.3, -0.25) is 4.79 Å². The van der Waals surface area contributed by atoms with Crippen LogP contribution in [-0.2, 0) is 16.9 Å². The van der Waals surface area contributed by atoms with Gasteiger partial charge < -0.3 is 4.57 Å². The SMILES string of the molecule is Cn1c(=NC(=O)c2cccc(S(C)(=O)=O)c2)sc2cc(Br)ccc21. The highest BCUT2D eigenvalue weighted by Gasteiger charge is 2.12. The Kier molecular flexibility index (Phi) is 4.46. The largest absolute Gasteiger partial charge is 0.319 e. The molecule has 124 valence electrons. The molecule has 0 saturated heterocycles. The fraction of sp³-hybridized carbons (Fsp3) is 0.125. The fourth-order valence-corrected chi connectivity index (χ4v) is 4.46. The summed E-state index contributed by atoms with van der Waals surface area (Å²) in [5, 5.41) is 0. The lowest BCUT2D eigenvalue weighted by molar-refractivity contribution is 0.0997. The molecule has 0 aliphatic carbocycles. The van der Waals surface area contributed by atoms with Crippen molar-refractivity contribution in [2.75, 3.05) is 6.26 Å². The lowest BCUT2D eigenvalue weighted by Gasteiger charge is -2.00. The summed E-state index contributed by atoms with van der Waals surface area (Å²) in [6.45, 7) is 0. The summed E-state index contributed by atoms with van der Waals surface area (Å²) in [5.74, 6) is -0.471. The van der Waals surface area contributed by atoms with E-state index in [1.165, 1.54) is 23.5 Å². The zero-order valence-electron chi connectivity index (χ0n) is 12.9. The van der Waals surface area contributed by atoms with E-state index in [2.05, 4.69) is 20.9 Å². The first-order valence-corrected chi connectivity index (χ1v) is 10.4. The molecule has 0 atom stereocenters. The van der Waals surface area contributed by atoms with E-state index in [0.29, 0.717) is 4.80 Å². The Bertz CT molecular complexity index is 1130. The molecule has 0 N–H and O–H groups in total. The molecule has 1 aromatic heterocycles. The zero-order valence-corrected chi connectivity index (χ0v) is 16.1. The van der Waals surface area contributed by atoms with Crippen molar-refractivity contribution in [3.8, 4) is 0 Å². The van der Waals surface area contributed by atoms with Gasteiger partial charge in [0.15, 0.2) is 14.6 Å². The Hall–Kier alpha value is -1.77. The average Bonchev–Trinajstić information content (AvgIpc) is 2.82. The quantitative estimate of drug-likeness (QED) is 0.634. The van der Waals surface area contributed by atoms with E-state index in [9.17, 15) is 13.2 Å². The van der Waals surface area contributed by atoms with Crippen molar-refractivity contribution in [2.24, 2.45) is 12.0 Å². The van der Waals surface area contributed by atoms with Gasteiger partial charge in [0.05, 0.1) is 15.1 Å². The second kappa shape index (κ2) is 6.27. The molecule has 0 aliphatic heterocycles. The number of benzene rings is 2. The summed E-state index contributed by atoms with van der Waals surface area (Å²) in [6.07, 6.45) is 1.11. The highest BCUT2D eigenvalue weighted by molar-refractivity contribution is 9.10. The second-order valence-corrected chi connectivity index (χ2v) is 9.21. The van der Waals surface area contributed by atoms with Crippen LogP contribution in [0, 0.1) is 0 Å². The highest BCUT2D eigenvalue weighted by atomic mass is 79.9.